The zero-order chi connectivity index (χ0) is 15.8. The highest BCUT2D eigenvalue weighted by atomic mass is 32.1. The molecule has 23 heavy (non-hydrogen) atoms. The van der Waals surface area contributed by atoms with Gasteiger partial charge in [-0.2, -0.15) is 4.37 Å². The number of benzene rings is 1. The number of hydrogen-bond acceptors (Lipinski definition) is 7. The molecule has 0 radical (unpaired) electrons. The fourth-order valence-electron chi connectivity index (χ4n) is 2.49. The molecular formula is C15H15N5O2S. The minimum absolute atomic E-state index is 0. The quantitative estimate of drug-likeness (QED) is 0.793. The van der Waals surface area contributed by atoms with Crippen LogP contribution in [0.25, 0.3) is 10.9 Å². The predicted molar refractivity (Wildman–Crippen MR) is 90.3 cm³/mol. The van der Waals surface area contributed by atoms with Crippen LogP contribution in [0.4, 0.5) is 21.4 Å². The van der Waals surface area contributed by atoms with Crippen LogP contribution in [0.2, 0.25) is 0 Å². The molecule has 2 aromatic heterocycles. The highest BCUT2D eigenvalue weighted by Gasteiger charge is 2.30. The highest BCUT2D eigenvalue weighted by Crippen LogP contribution is 2.27. The lowest BCUT2D eigenvalue weighted by atomic mass is 10.2. The number of fused-ring (bicyclic) bond motifs is 1. The Hall–Kier alpha value is -2.74. The Kier molecular flexibility index (Phi) is 3.30. The third-order valence-corrected chi connectivity index (χ3v) is 4.26. The first-order valence-corrected chi connectivity index (χ1v) is 7.88. The predicted octanol–water partition coefficient (Wildman–Crippen LogP) is 3.42. The molecule has 1 atom stereocenters. The number of amides is 1. The van der Waals surface area contributed by atoms with Crippen LogP contribution in [-0.4, -0.2) is 33.1 Å². The van der Waals surface area contributed by atoms with E-state index in [1.807, 2.05) is 31.2 Å². The van der Waals surface area contributed by atoms with E-state index in [0.29, 0.717) is 12.6 Å². The molecule has 0 unspecified atom stereocenters. The van der Waals surface area contributed by atoms with Crippen molar-refractivity contribution in [3.8, 4) is 0 Å². The number of carbonyl (C=O) groups excluding carboxylic acids is 1. The maximum atomic E-state index is 11.9. The first-order chi connectivity index (χ1) is 11.2. The van der Waals surface area contributed by atoms with Crippen molar-refractivity contribution < 1.29 is 11.0 Å². The summed E-state index contributed by atoms with van der Waals surface area (Å²) >= 11 is 1.34. The maximum absolute atomic E-state index is 11.9. The molecule has 0 aliphatic carbocycles. The molecule has 1 N–H and O–H groups in total. The Morgan fingerprint density at radius 3 is 3.09 bits per heavy atom. The summed E-state index contributed by atoms with van der Waals surface area (Å²) in [4.78, 5) is 22.3. The molecule has 118 valence electrons. The van der Waals surface area contributed by atoms with Gasteiger partial charge in [-0.25, -0.2) is 14.8 Å². The topological polar surface area (TPSA) is 80.2 Å². The molecule has 3 aromatic rings. The van der Waals surface area contributed by atoms with Gasteiger partial charge in [-0.1, -0.05) is 0 Å². The van der Waals surface area contributed by atoms with Crippen LogP contribution >= 0.6 is 11.5 Å². The monoisotopic (exact) mass is 329 g/mol. The second kappa shape index (κ2) is 5.47. The van der Waals surface area contributed by atoms with Gasteiger partial charge in [0.1, 0.15) is 11.6 Å². The average molecular weight is 329 g/mol. The van der Waals surface area contributed by atoms with Gasteiger partial charge in [0, 0.05) is 24.9 Å². The second-order valence-corrected chi connectivity index (χ2v) is 6.07. The second-order valence-electron chi connectivity index (χ2n) is 5.23. The molecule has 1 aliphatic rings. The Balaban J connectivity index is 0.00000169. The SMILES string of the molecule is C[C@H]1COC(=O)N1c1ccc2cnc(Nc3ccns3)nc2c1.[HH]. The Bertz CT molecular complexity index is 873. The minimum atomic E-state index is -0.325. The fraction of sp³-hybridized carbons (Fsp3) is 0.200. The first-order valence-electron chi connectivity index (χ1n) is 7.11. The molecule has 8 heteroatoms. The third-order valence-electron chi connectivity index (χ3n) is 3.60. The Morgan fingerprint density at radius 1 is 1.43 bits per heavy atom. The number of hydrogen-bond donors (Lipinski definition) is 1. The molecule has 3 heterocycles. The molecule has 0 spiro atoms. The number of ether oxygens (including phenoxy) is 1. The summed E-state index contributed by atoms with van der Waals surface area (Å²) in [5.41, 5.74) is 1.53. The van der Waals surface area contributed by atoms with Gasteiger partial charge in [-0.05, 0) is 42.7 Å². The van der Waals surface area contributed by atoms with Gasteiger partial charge in [-0.3, -0.25) is 4.90 Å². The lowest BCUT2D eigenvalue weighted by Gasteiger charge is -2.18. The van der Waals surface area contributed by atoms with E-state index in [0.717, 1.165) is 21.6 Å². The zero-order valence-electron chi connectivity index (χ0n) is 12.3. The van der Waals surface area contributed by atoms with Crippen molar-refractivity contribution >= 4 is 45.2 Å². The van der Waals surface area contributed by atoms with E-state index < -0.39 is 0 Å². The van der Waals surface area contributed by atoms with Crippen molar-refractivity contribution in [1.29, 1.82) is 0 Å². The van der Waals surface area contributed by atoms with Gasteiger partial charge in [0.05, 0.1) is 11.6 Å². The number of rotatable bonds is 3. The summed E-state index contributed by atoms with van der Waals surface area (Å²) in [7, 11) is 0. The normalized spacial score (nSPS) is 17.5. The van der Waals surface area contributed by atoms with Crippen molar-refractivity contribution in [3.05, 3.63) is 36.7 Å². The fourth-order valence-corrected chi connectivity index (χ4v) is 2.98. The smallest absolute Gasteiger partial charge is 0.414 e. The molecular weight excluding hydrogens is 314 g/mol. The van der Waals surface area contributed by atoms with E-state index in [1.165, 1.54) is 11.5 Å². The van der Waals surface area contributed by atoms with Gasteiger partial charge in [-0.15, -0.1) is 0 Å². The number of anilines is 3. The van der Waals surface area contributed by atoms with Crippen LogP contribution in [0.3, 0.4) is 0 Å². The highest BCUT2D eigenvalue weighted by molar-refractivity contribution is 7.10. The Labute approximate surface area is 137 Å². The number of nitrogens with zero attached hydrogens (tertiary/aromatic N) is 4. The largest absolute Gasteiger partial charge is 0.447 e. The van der Waals surface area contributed by atoms with Crippen LogP contribution in [0, 0.1) is 0 Å². The van der Waals surface area contributed by atoms with E-state index in [9.17, 15) is 4.79 Å². The number of carbonyl (C=O) groups is 1. The van der Waals surface area contributed by atoms with Crippen LogP contribution in [0.5, 0.6) is 0 Å². The Morgan fingerprint density at radius 2 is 2.35 bits per heavy atom. The lowest BCUT2D eigenvalue weighted by molar-refractivity contribution is 0.179. The van der Waals surface area contributed by atoms with Gasteiger partial charge in [0.25, 0.3) is 0 Å². The molecule has 4 rings (SSSR count). The summed E-state index contributed by atoms with van der Waals surface area (Å²) in [6.45, 7) is 2.35. The van der Waals surface area contributed by atoms with Crippen LogP contribution in [0.15, 0.2) is 36.7 Å². The van der Waals surface area contributed by atoms with Crippen molar-refractivity contribution in [1.82, 2.24) is 14.3 Å². The van der Waals surface area contributed by atoms with Gasteiger partial charge in [0.2, 0.25) is 5.95 Å². The molecule has 1 amide bonds. The zero-order valence-corrected chi connectivity index (χ0v) is 13.1. The molecule has 0 bridgehead atoms. The van der Waals surface area contributed by atoms with Crippen molar-refractivity contribution in [2.24, 2.45) is 0 Å². The van der Waals surface area contributed by atoms with E-state index in [2.05, 4.69) is 19.7 Å². The number of cyclic esters (lactones) is 1. The van der Waals surface area contributed by atoms with Gasteiger partial charge in [0.15, 0.2) is 0 Å². The van der Waals surface area contributed by atoms with Gasteiger partial charge >= 0.3 is 6.09 Å². The van der Waals surface area contributed by atoms with Crippen molar-refractivity contribution in [2.75, 3.05) is 16.8 Å². The molecule has 1 saturated heterocycles. The number of nitrogens with one attached hydrogen (secondary N) is 1. The summed E-state index contributed by atoms with van der Waals surface area (Å²) in [5.74, 6) is 0.496. The van der Waals surface area contributed by atoms with E-state index in [-0.39, 0.29) is 13.6 Å². The van der Waals surface area contributed by atoms with Gasteiger partial charge < -0.3 is 10.1 Å². The van der Waals surface area contributed by atoms with E-state index >= 15 is 0 Å². The number of aromatic nitrogens is 3. The van der Waals surface area contributed by atoms with Crippen LogP contribution < -0.4 is 10.2 Å². The van der Waals surface area contributed by atoms with E-state index in [1.54, 1.807) is 17.3 Å². The van der Waals surface area contributed by atoms with Crippen LogP contribution in [0.1, 0.15) is 8.35 Å². The first kappa shape index (κ1) is 13.9. The molecule has 1 aliphatic heterocycles. The summed E-state index contributed by atoms with van der Waals surface area (Å²) < 4.78 is 9.10. The molecule has 1 fully saturated rings. The summed E-state index contributed by atoms with van der Waals surface area (Å²) in [6.07, 6.45) is 3.14. The van der Waals surface area contributed by atoms with Crippen molar-refractivity contribution in [3.63, 3.8) is 0 Å². The maximum Gasteiger partial charge on any atom is 0.414 e. The average Bonchev–Trinajstić information content (AvgIpc) is 3.17. The summed E-state index contributed by atoms with van der Waals surface area (Å²) in [5, 5.41) is 4.89. The lowest BCUT2D eigenvalue weighted by Crippen LogP contribution is -2.30. The molecule has 1 aromatic carbocycles. The van der Waals surface area contributed by atoms with E-state index in [4.69, 9.17) is 4.74 Å². The molecule has 7 nitrogen and oxygen atoms in total. The third kappa shape index (κ3) is 2.57. The standard InChI is InChI=1S/C15H13N5O2S.H2/c1-9-8-22-15(21)20(9)11-3-2-10-7-16-14(18-12(10)6-11)19-13-4-5-17-23-13;/h2-7,9H,8H2,1H3,(H,16,18,19);1H/t9-;/m0./s1. The van der Waals surface area contributed by atoms with Crippen molar-refractivity contribution in [2.45, 2.75) is 13.0 Å². The van der Waals surface area contributed by atoms with Crippen LogP contribution in [-0.2, 0) is 4.74 Å². The molecule has 0 saturated carbocycles. The minimum Gasteiger partial charge on any atom is -0.447 e. The summed E-state index contributed by atoms with van der Waals surface area (Å²) in [6, 6.07) is 7.52.